The number of thioether (sulfide) groups is 1. The molecule has 0 aliphatic heterocycles. The van der Waals surface area contributed by atoms with Gasteiger partial charge in [0.2, 0.25) is 0 Å². The van der Waals surface area contributed by atoms with E-state index in [1.807, 2.05) is 54.2 Å². The molecule has 1 aliphatic carbocycles. The maximum atomic E-state index is 12.3. The van der Waals surface area contributed by atoms with Crippen LogP contribution >= 0.6 is 23.1 Å². The number of urea groups is 1. The van der Waals surface area contributed by atoms with E-state index >= 15 is 0 Å². The number of amides is 2. The van der Waals surface area contributed by atoms with E-state index in [1.54, 1.807) is 11.3 Å². The highest BCUT2D eigenvalue weighted by atomic mass is 32.2. The summed E-state index contributed by atoms with van der Waals surface area (Å²) in [6.45, 7) is 0.434. The SMILES string of the molecule is O=C(NCc1nc2ccccc2s1)Nc1ccccc1SC1CCCC1. The Balaban J connectivity index is 1.37. The summed E-state index contributed by atoms with van der Waals surface area (Å²) in [7, 11) is 0. The number of hydrogen-bond acceptors (Lipinski definition) is 4. The number of carbonyl (C=O) groups excluding carboxylic acids is 1. The van der Waals surface area contributed by atoms with Crippen molar-refractivity contribution >= 4 is 45.0 Å². The van der Waals surface area contributed by atoms with Crippen LogP contribution in [0.25, 0.3) is 10.2 Å². The van der Waals surface area contributed by atoms with Gasteiger partial charge in [-0.3, -0.25) is 0 Å². The van der Waals surface area contributed by atoms with Crippen molar-refractivity contribution in [1.82, 2.24) is 10.3 Å². The lowest BCUT2D eigenvalue weighted by Gasteiger charge is -2.14. The summed E-state index contributed by atoms with van der Waals surface area (Å²) >= 11 is 3.50. The van der Waals surface area contributed by atoms with E-state index in [1.165, 1.54) is 25.7 Å². The molecule has 3 aromatic rings. The van der Waals surface area contributed by atoms with Crippen molar-refractivity contribution < 1.29 is 4.79 Å². The van der Waals surface area contributed by atoms with Crippen LogP contribution in [0.2, 0.25) is 0 Å². The van der Waals surface area contributed by atoms with Crippen LogP contribution in [0.5, 0.6) is 0 Å². The van der Waals surface area contributed by atoms with E-state index in [9.17, 15) is 4.79 Å². The van der Waals surface area contributed by atoms with Crippen molar-refractivity contribution in [2.24, 2.45) is 0 Å². The van der Waals surface area contributed by atoms with Crippen molar-refractivity contribution in [2.45, 2.75) is 42.4 Å². The van der Waals surface area contributed by atoms with Crippen LogP contribution in [0.4, 0.5) is 10.5 Å². The first-order valence-electron chi connectivity index (χ1n) is 8.93. The van der Waals surface area contributed by atoms with Crippen LogP contribution in [-0.4, -0.2) is 16.3 Å². The number of nitrogens with zero attached hydrogens (tertiary/aromatic N) is 1. The maximum Gasteiger partial charge on any atom is 0.319 e. The Bertz CT molecular complexity index is 870. The number of nitrogens with one attached hydrogen (secondary N) is 2. The highest BCUT2D eigenvalue weighted by Crippen LogP contribution is 2.37. The molecule has 4 rings (SSSR count). The summed E-state index contributed by atoms with van der Waals surface area (Å²) < 4.78 is 1.14. The fraction of sp³-hybridized carbons (Fsp3) is 0.300. The molecule has 4 nitrogen and oxygen atoms in total. The first-order valence-corrected chi connectivity index (χ1v) is 10.6. The molecular weight excluding hydrogens is 362 g/mol. The van der Waals surface area contributed by atoms with Gasteiger partial charge in [0.25, 0.3) is 0 Å². The van der Waals surface area contributed by atoms with Crippen LogP contribution in [0.15, 0.2) is 53.4 Å². The zero-order valence-corrected chi connectivity index (χ0v) is 16.0. The number of benzene rings is 2. The zero-order valence-electron chi connectivity index (χ0n) is 14.4. The van der Waals surface area contributed by atoms with Crippen LogP contribution in [0.3, 0.4) is 0 Å². The molecule has 6 heteroatoms. The van der Waals surface area contributed by atoms with E-state index in [2.05, 4.69) is 21.7 Å². The topological polar surface area (TPSA) is 54.0 Å². The first kappa shape index (κ1) is 17.4. The number of anilines is 1. The van der Waals surface area contributed by atoms with Crippen LogP contribution in [0.1, 0.15) is 30.7 Å². The maximum absolute atomic E-state index is 12.3. The molecule has 1 aliphatic rings. The van der Waals surface area contributed by atoms with Gasteiger partial charge < -0.3 is 10.6 Å². The largest absolute Gasteiger partial charge is 0.331 e. The Labute approximate surface area is 161 Å². The number of thiazole rings is 1. The first-order chi connectivity index (χ1) is 12.8. The molecule has 2 N–H and O–H groups in total. The zero-order chi connectivity index (χ0) is 17.8. The monoisotopic (exact) mass is 383 g/mol. The van der Waals surface area contributed by atoms with E-state index in [-0.39, 0.29) is 6.03 Å². The molecule has 0 saturated heterocycles. The average molecular weight is 384 g/mol. The highest BCUT2D eigenvalue weighted by Gasteiger charge is 2.18. The van der Waals surface area contributed by atoms with Crippen LogP contribution in [0, 0.1) is 0 Å². The Morgan fingerprint density at radius 3 is 2.73 bits per heavy atom. The smallest absolute Gasteiger partial charge is 0.319 e. The molecule has 0 unspecified atom stereocenters. The number of hydrogen-bond donors (Lipinski definition) is 2. The Hall–Kier alpha value is -2.05. The van der Waals surface area contributed by atoms with Gasteiger partial charge in [-0.15, -0.1) is 23.1 Å². The van der Waals surface area contributed by atoms with Crippen molar-refractivity contribution in [3.05, 3.63) is 53.5 Å². The number of rotatable bonds is 5. The summed E-state index contributed by atoms with van der Waals surface area (Å²) in [6.07, 6.45) is 5.16. The predicted octanol–water partition coefficient (Wildman–Crippen LogP) is 5.65. The summed E-state index contributed by atoms with van der Waals surface area (Å²) in [6, 6.07) is 15.9. The molecule has 2 aromatic carbocycles. The lowest BCUT2D eigenvalue weighted by atomic mass is 10.3. The molecule has 1 aromatic heterocycles. The Morgan fingerprint density at radius 2 is 1.88 bits per heavy atom. The Morgan fingerprint density at radius 1 is 1.12 bits per heavy atom. The molecule has 2 amide bonds. The second-order valence-corrected chi connectivity index (χ2v) is 8.86. The predicted molar refractivity (Wildman–Crippen MR) is 110 cm³/mol. The second-order valence-electron chi connectivity index (χ2n) is 6.40. The molecule has 26 heavy (non-hydrogen) atoms. The van der Waals surface area contributed by atoms with Gasteiger partial charge in [0, 0.05) is 10.1 Å². The minimum atomic E-state index is -0.191. The van der Waals surface area contributed by atoms with Gasteiger partial charge >= 0.3 is 6.03 Å². The van der Waals surface area contributed by atoms with Gasteiger partial charge in [0.1, 0.15) is 5.01 Å². The third kappa shape index (κ3) is 4.19. The van der Waals surface area contributed by atoms with Crippen molar-refractivity contribution in [3.63, 3.8) is 0 Å². The van der Waals surface area contributed by atoms with Gasteiger partial charge in [-0.05, 0) is 37.1 Å². The second kappa shape index (κ2) is 8.10. The minimum Gasteiger partial charge on any atom is -0.331 e. The normalized spacial score (nSPS) is 14.6. The number of para-hydroxylation sites is 2. The average Bonchev–Trinajstić information content (AvgIpc) is 3.30. The number of fused-ring (bicyclic) bond motifs is 1. The van der Waals surface area contributed by atoms with Crippen LogP contribution in [-0.2, 0) is 6.54 Å². The summed E-state index contributed by atoms with van der Waals surface area (Å²) in [5, 5.41) is 7.49. The number of carbonyl (C=O) groups is 1. The molecule has 1 saturated carbocycles. The van der Waals surface area contributed by atoms with Gasteiger partial charge in [-0.2, -0.15) is 0 Å². The van der Waals surface area contributed by atoms with Gasteiger partial charge in [0.05, 0.1) is 22.4 Å². The molecule has 0 radical (unpaired) electrons. The van der Waals surface area contributed by atoms with Crippen molar-refractivity contribution in [3.8, 4) is 0 Å². The standard InChI is InChI=1S/C20H21N3OS2/c24-20(21-13-19-22-15-9-3-6-12-18(15)26-19)23-16-10-4-5-11-17(16)25-14-7-1-2-8-14/h3-6,9-12,14H,1-2,7-8,13H2,(H2,21,23,24). The van der Waals surface area contributed by atoms with E-state index in [4.69, 9.17) is 0 Å². The fourth-order valence-electron chi connectivity index (χ4n) is 3.18. The molecular formula is C20H21N3OS2. The fourth-order valence-corrected chi connectivity index (χ4v) is 5.41. The van der Waals surface area contributed by atoms with E-state index < -0.39 is 0 Å². The molecule has 0 bridgehead atoms. The molecule has 1 heterocycles. The van der Waals surface area contributed by atoms with Crippen LogP contribution < -0.4 is 10.6 Å². The lowest BCUT2D eigenvalue weighted by Crippen LogP contribution is -2.28. The molecule has 1 fully saturated rings. The highest BCUT2D eigenvalue weighted by molar-refractivity contribution is 8.00. The van der Waals surface area contributed by atoms with Gasteiger partial charge in [-0.25, -0.2) is 9.78 Å². The van der Waals surface area contributed by atoms with Gasteiger partial charge in [0.15, 0.2) is 0 Å². The van der Waals surface area contributed by atoms with E-state index in [0.717, 1.165) is 25.8 Å². The third-order valence-electron chi connectivity index (χ3n) is 4.47. The van der Waals surface area contributed by atoms with E-state index in [0.29, 0.717) is 11.8 Å². The van der Waals surface area contributed by atoms with Gasteiger partial charge in [-0.1, -0.05) is 37.1 Å². The Kier molecular flexibility index (Phi) is 5.41. The molecule has 0 atom stereocenters. The quantitative estimate of drug-likeness (QED) is 0.598. The molecule has 0 spiro atoms. The van der Waals surface area contributed by atoms with Crippen molar-refractivity contribution in [1.29, 1.82) is 0 Å². The summed E-state index contributed by atoms with van der Waals surface area (Å²) in [5.41, 5.74) is 1.86. The number of aromatic nitrogens is 1. The lowest BCUT2D eigenvalue weighted by molar-refractivity contribution is 0.251. The minimum absolute atomic E-state index is 0.191. The van der Waals surface area contributed by atoms with Crippen molar-refractivity contribution in [2.75, 3.05) is 5.32 Å². The third-order valence-corrected chi connectivity index (χ3v) is 6.92. The molecule has 134 valence electrons. The summed E-state index contributed by atoms with van der Waals surface area (Å²) in [4.78, 5) is 18.0. The summed E-state index contributed by atoms with van der Waals surface area (Å²) in [5.74, 6) is 0.